The summed E-state index contributed by atoms with van der Waals surface area (Å²) in [6, 6.07) is 10.00. The molecule has 33 heavy (non-hydrogen) atoms. The van der Waals surface area contributed by atoms with E-state index in [2.05, 4.69) is 20.9 Å². The molecule has 4 rings (SSSR count). The molecule has 1 atom stereocenters. The lowest BCUT2D eigenvalue weighted by atomic mass is 9.94. The first-order valence-electron chi connectivity index (χ1n) is 9.87. The monoisotopic (exact) mass is 484 g/mol. The van der Waals surface area contributed by atoms with Gasteiger partial charge in [0.25, 0.3) is 0 Å². The van der Waals surface area contributed by atoms with E-state index >= 15 is 0 Å². The van der Waals surface area contributed by atoms with Crippen molar-refractivity contribution in [1.82, 2.24) is 14.8 Å². The zero-order valence-corrected chi connectivity index (χ0v) is 19.3. The molecule has 4 aromatic rings. The van der Waals surface area contributed by atoms with E-state index in [1.165, 1.54) is 30.3 Å². The van der Waals surface area contributed by atoms with E-state index < -0.39 is 17.7 Å². The number of benzene rings is 2. The van der Waals surface area contributed by atoms with Gasteiger partial charge in [-0.05, 0) is 36.2 Å². The topological polar surface area (TPSA) is 92.5 Å². The average molecular weight is 485 g/mol. The Labute approximate surface area is 198 Å². The third-order valence-corrected chi connectivity index (χ3v) is 5.92. The van der Waals surface area contributed by atoms with Crippen molar-refractivity contribution in [3.05, 3.63) is 76.1 Å². The lowest BCUT2D eigenvalue weighted by Crippen LogP contribution is -2.17. The maximum atomic E-state index is 13.7. The second-order valence-electron chi connectivity index (χ2n) is 7.45. The summed E-state index contributed by atoms with van der Waals surface area (Å²) in [5.41, 5.74) is 9.81. The van der Waals surface area contributed by atoms with Crippen molar-refractivity contribution in [2.75, 3.05) is 11.0 Å². The highest BCUT2D eigenvalue weighted by atomic mass is 35.5. The zero-order valence-electron chi connectivity index (χ0n) is 17.7. The molecule has 2 aromatic carbocycles. The van der Waals surface area contributed by atoms with Crippen LogP contribution in [0.3, 0.4) is 0 Å². The van der Waals surface area contributed by atoms with Gasteiger partial charge in [-0.2, -0.15) is 10.4 Å². The Morgan fingerprint density at radius 2 is 1.94 bits per heavy atom. The van der Waals surface area contributed by atoms with Gasteiger partial charge in [-0.15, -0.1) is 0 Å². The molecule has 2 heterocycles. The second kappa shape index (κ2) is 9.35. The van der Waals surface area contributed by atoms with E-state index in [0.717, 1.165) is 22.5 Å². The van der Waals surface area contributed by atoms with Crippen LogP contribution in [0.15, 0.2) is 42.6 Å². The second-order valence-corrected chi connectivity index (χ2v) is 8.47. The van der Waals surface area contributed by atoms with E-state index in [-0.39, 0.29) is 6.42 Å². The number of pyridine rings is 1. The number of halogens is 3. The number of nitrogens with zero attached hydrogens (tertiary/aromatic N) is 4. The van der Waals surface area contributed by atoms with E-state index in [4.69, 9.17) is 17.3 Å². The SMILES string of the molecule is CSNc1nn(C)c2c(-c3cc(C#N)cnc3C(N)Cc3cc(F)cc(F)c3)ccc(Cl)c12. The number of rotatable bonds is 6. The fourth-order valence-corrected chi connectivity index (χ4v) is 4.47. The Morgan fingerprint density at radius 3 is 2.61 bits per heavy atom. The fraction of sp³-hybridized carbons (Fsp3) is 0.174. The van der Waals surface area contributed by atoms with Gasteiger partial charge < -0.3 is 10.5 Å². The molecule has 0 radical (unpaired) electrons. The number of anilines is 1. The maximum Gasteiger partial charge on any atom is 0.167 e. The third kappa shape index (κ3) is 4.50. The third-order valence-electron chi connectivity index (χ3n) is 5.20. The molecule has 10 heteroatoms. The highest BCUT2D eigenvalue weighted by Gasteiger charge is 2.22. The van der Waals surface area contributed by atoms with Gasteiger partial charge in [0.2, 0.25) is 0 Å². The number of hydrogen-bond donors (Lipinski definition) is 2. The van der Waals surface area contributed by atoms with E-state index in [1.807, 2.05) is 12.3 Å². The highest BCUT2D eigenvalue weighted by Crippen LogP contribution is 2.39. The van der Waals surface area contributed by atoms with Crippen LogP contribution in [0.5, 0.6) is 0 Å². The van der Waals surface area contributed by atoms with Crippen LogP contribution in [0.2, 0.25) is 5.02 Å². The first-order valence-corrected chi connectivity index (χ1v) is 11.5. The minimum atomic E-state index is -0.684. The summed E-state index contributed by atoms with van der Waals surface area (Å²) in [5, 5.41) is 15.2. The summed E-state index contributed by atoms with van der Waals surface area (Å²) in [6.45, 7) is 0. The molecule has 3 N–H and O–H groups in total. The van der Waals surface area contributed by atoms with Gasteiger partial charge in [-0.25, -0.2) is 8.78 Å². The molecular formula is C23H19ClF2N6S. The van der Waals surface area contributed by atoms with Crippen LogP contribution in [-0.4, -0.2) is 21.0 Å². The molecule has 0 aliphatic carbocycles. The van der Waals surface area contributed by atoms with Gasteiger partial charge in [0.15, 0.2) is 5.82 Å². The van der Waals surface area contributed by atoms with Crippen molar-refractivity contribution in [2.45, 2.75) is 12.5 Å². The van der Waals surface area contributed by atoms with Crippen LogP contribution >= 0.6 is 23.5 Å². The number of aryl methyl sites for hydroxylation is 1. The lowest BCUT2D eigenvalue weighted by Gasteiger charge is -2.17. The molecule has 0 saturated carbocycles. The van der Waals surface area contributed by atoms with Gasteiger partial charge in [0.1, 0.15) is 17.7 Å². The quantitative estimate of drug-likeness (QED) is 0.357. The minimum absolute atomic E-state index is 0.155. The van der Waals surface area contributed by atoms with Gasteiger partial charge in [-0.1, -0.05) is 29.6 Å². The van der Waals surface area contributed by atoms with Crippen LogP contribution in [0.25, 0.3) is 22.0 Å². The van der Waals surface area contributed by atoms with E-state index in [1.54, 1.807) is 23.9 Å². The van der Waals surface area contributed by atoms with Crippen LogP contribution < -0.4 is 10.5 Å². The van der Waals surface area contributed by atoms with Gasteiger partial charge in [0.05, 0.1) is 33.2 Å². The molecule has 0 bridgehead atoms. The molecule has 1 unspecified atom stereocenters. The Bertz CT molecular complexity index is 1380. The fourth-order valence-electron chi connectivity index (χ4n) is 3.89. The number of hydrogen-bond acceptors (Lipinski definition) is 6. The van der Waals surface area contributed by atoms with Crippen molar-refractivity contribution in [1.29, 1.82) is 5.26 Å². The Balaban J connectivity index is 1.89. The first-order chi connectivity index (χ1) is 15.8. The number of fused-ring (bicyclic) bond motifs is 1. The predicted octanol–water partition coefficient (Wildman–Crippen LogP) is 5.37. The summed E-state index contributed by atoms with van der Waals surface area (Å²) in [5.74, 6) is -0.737. The predicted molar refractivity (Wildman–Crippen MR) is 128 cm³/mol. The summed E-state index contributed by atoms with van der Waals surface area (Å²) < 4.78 is 32.2. The summed E-state index contributed by atoms with van der Waals surface area (Å²) in [7, 11) is 1.80. The van der Waals surface area contributed by atoms with Crippen molar-refractivity contribution in [3.8, 4) is 17.2 Å². The molecule has 0 saturated heterocycles. The van der Waals surface area contributed by atoms with Crippen molar-refractivity contribution < 1.29 is 8.78 Å². The molecule has 0 fully saturated rings. The number of aromatic nitrogens is 3. The minimum Gasteiger partial charge on any atom is -0.322 e. The van der Waals surface area contributed by atoms with E-state index in [9.17, 15) is 14.0 Å². The molecule has 6 nitrogen and oxygen atoms in total. The number of nitrogens with two attached hydrogens (primary N) is 1. The Kier molecular flexibility index (Phi) is 6.51. The van der Waals surface area contributed by atoms with E-state index in [0.29, 0.717) is 33.2 Å². The normalized spacial score (nSPS) is 12.0. The Hall–Kier alpha value is -3.19. The Morgan fingerprint density at radius 1 is 1.21 bits per heavy atom. The van der Waals surface area contributed by atoms with Crippen LogP contribution in [0.4, 0.5) is 14.6 Å². The van der Waals surface area contributed by atoms with Gasteiger partial charge in [0, 0.05) is 36.7 Å². The average Bonchev–Trinajstić information content (AvgIpc) is 3.10. The largest absolute Gasteiger partial charge is 0.322 e. The standard InChI is InChI=1S/C23H19ClF2N6S/c1-32-22-16(3-4-18(24)20(22)23(30-32)31-33-2)17-7-13(10-27)11-29-21(17)19(28)8-12-5-14(25)9-15(26)6-12/h3-7,9,11,19H,8,28H2,1-2H3,(H,30,31). The smallest absolute Gasteiger partial charge is 0.167 e. The molecular weight excluding hydrogens is 466 g/mol. The molecule has 168 valence electrons. The summed E-state index contributed by atoms with van der Waals surface area (Å²) >= 11 is 7.89. The zero-order chi connectivity index (χ0) is 23.7. The first kappa shape index (κ1) is 23.0. The van der Waals surface area contributed by atoms with Crippen LogP contribution in [0.1, 0.15) is 22.9 Å². The lowest BCUT2D eigenvalue weighted by molar-refractivity contribution is 0.576. The summed E-state index contributed by atoms with van der Waals surface area (Å²) in [6.07, 6.45) is 3.47. The maximum absolute atomic E-state index is 13.7. The van der Waals surface area contributed by atoms with Crippen molar-refractivity contribution >= 4 is 40.3 Å². The number of nitriles is 1. The molecule has 0 aliphatic rings. The van der Waals surface area contributed by atoms with Gasteiger partial charge >= 0.3 is 0 Å². The molecule has 0 amide bonds. The molecule has 0 spiro atoms. The van der Waals surface area contributed by atoms with Crippen LogP contribution in [-0.2, 0) is 13.5 Å². The van der Waals surface area contributed by atoms with Crippen molar-refractivity contribution in [3.63, 3.8) is 0 Å². The number of nitrogens with one attached hydrogen (secondary N) is 1. The summed E-state index contributed by atoms with van der Waals surface area (Å²) in [4.78, 5) is 4.45. The van der Waals surface area contributed by atoms with Crippen molar-refractivity contribution in [2.24, 2.45) is 12.8 Å². The molecule has 0 aliphatic heterocycles. The molecule has 2 aromatic heterocycles. The highest BCUT2D eigenvalue weighted by molar-refractivity contribution is 7.99. The van der Waals surface area contributed by atoms with Gasteiger partial charge in [-0.3, -0.25) is 9.67 Å². The van der Waals surface area contributed by atoms with Crippen LogP contribution in [0, 0.1) is 23.0 Å².